The number of halogens is 2. The molecule has 0 N–H and O–H groups in total. The van der Waals surface area contributed by atoms with Crippen LogP contribution in [0.2, 0.25) is 10.0 Å². The first-order valence-electron chi connectivity index (χ1n) is 5.33. The van der Waals surface area contributed by atoms with Crippen molar-refractivity contribution < 1.29 is 12.6 Å². The molecule has 0 aliphatic carbocycles. The van der Waals surface area contributed by atoms with Gasteiger partial charge in [-0.1, -0.05) is 35.3 Å². The van der Waals surface area contributed by atoms with Crippen molar-refractivity contribution >= 4 is 33.3 Å². The van der Waals surface area contributed by atoms with Crippen LogP contribution in [-0.4, -0.2) is 8.42 Å². The lowest BCUT2D eigenvalue weighted by Crippen LogP contribution is -2.11. The zero-order valence-electron chi connectivity index (χ0n) is 9.88. The van der Waals surface area contributed by atoms with Crippen molar-refractivity contribution in [3.05, 3.63) is 58.1 Å². The Morgan fingerprint density at radius 2 is 1.80 bits per heavy atom. The predicted molar refractivity (Wildman–Crippen MR) is 75.4 cm³/mol. The molecule has 4 nitrogen and oxygen atoms in total. The summed E-state index contributed by atoms with van der Waals surface area (Å²) in [5.74, 6) is -0.0520. The second kappa shape index (κ2) is 5.71. The number of nitriles is 1. The Morgan fingerprint density at radius 3 is 2.45 bits per heavy atom. The van der Waals surface area contributed by atoms with Crippen molar-refractivity contribution in [3.8, 4) is 11.8 Å². The third-order valence-electron chi connectivity index (χ3n) is 2.37. The predicted octanol–water partition coefficient (Wildman–Crippen LogP) is 3.63. The molecule has 2 rings (SSSR count). The van der Waals surface area contributed by atoms with E-state index in [0.717, 1.165) is 0 Å². The van der Waals surface area contributed by atoms with Crippen LogP contribution in [-0.2, 0) is 10.1 Å². The second-order valence-electron chi connectivity index (χ2n) is 3.72. The van der Waals surface area contributed by atoms with Gasteiger partial charge in [-0.3, -0.25) is 0 Å². The Hall–Kier alpha value is -1.74. The molecule has 0 bridgehead atoms. The minimum Gasteiger partial charge on any atom is -0.377 e. The molecule has 7 heteroatoms. The second-order valence-corrected chi connectivity index (χ2v) is 6.08. The molecule has 0 fully saturated rings. The molecule has 0 aromatic heterocycles. The van der Waals surface area contributed by atoms with Gasteiger partial charge in [0.25, 0.3) is 0 Å². The van der Waals surface area contributed by atoms with Crippen LogP contribution in [0.3, 0.4) is 0 Å². The summed E-state index contributed by atoms with van der Waals surface area (Å²) in [6, 6.07) is 11.7. The molecule has 0 aliphatic heterocycles. The molecular weight excluding hydrogens is 321 g/mol. The first-order valence-corrected chi connectivity index (χ1v) is 7.49. The Labute approximate surface area is 126 Å². The maximum Gasteiger partial charge on any atom is 0.340 e. The summed E-state index contributed by atoms with van der Waals surface area (Å²) in [6.45, 7) is 0. The Bertz CT molecular complexity index is 798. The smallest absolute Gasteiger partial charge is 0.340 e. The topological polar surface area (TPSA) is 67.2 Å². The summed E-state index contributed by atoms with van der Waals surface area (Å²) in [5.41, 5.74) is -0.00224. The first-order chi connectivity index (χ1) is 9.44. The average Bonchev–Trinajstić information content (AvgIpc) is 2.42. The molecule has 0 unspecified atom stereocenters. The van der Waals surface area contributed by atoms with Crippen molar-refractivity contribution in [2.24, 2.45) is 0 Å². The van der Waals surface area contributed by atoms with Gasteiger partial charge in [-0.25, -0.2) is 0 Å². The SMILES string of the molecule is N#Cc1ccccc1S(=O)(=O)Oc1ccc(Cl)cc1Cl. The van der Waals surface area contributed by atoms with Crippen LogP contribution >= 0.6 is 23.2 Å². The number of hydrogen-bond donors (Lipinski definition) is 0. The van der Waals surface area contributed by atoms with Crippen molar-refractivity contribution in [2.45, 2.75) is 4.90 Å². The van der Waals surface area contributed by atoms with Crippen molar-refractivity contribution in [2.75, 3.05) is 0 Å². The Kier molecular flexibility index (Phi) is 4.19. The third kappa shape index (κ3) is 3.05. The molecule has 0 heterocycles. The van der Waals surface area contributed by atoms with Gasteiger partial charge in [0.05, 0.1) is 10.6 Å². The Morgan fingerprint density at radius 1 is 1.10 bits per heavy atom. The van der Waals surface area contributed by atoms with Gasteiger partial charge in [0, 0.05) is 5.02 Å². The number of benzene rings is 2. The lowest BCUT2D eigenvalue weighted by atomic mass is 10.2. The summed E-state index contributed by atoms with van der Waals surface area (Å²) < 4.78 is 29.3. The zero-order chi connectivity index (χ0) is 14.8. The van der Waals surface area contributed by atoms with E-state index in [1.54, 1.807) is 12.1 Å². The fourth-order valence-corrected chi connectivity index (χ4v) is 3.08. The van der Waals surface area contributed by atoms with Crippen LogP contribution in [0.1, 0.15) is 5.56 Å². The summed E-state index contributed by atoms with van der Waals surface area (Å²) in [5, 5.41) is 9.35. The highest BCUT2D eigenvalue weighted by Gasteiger charge is 2.21. The van der Waals surface area contributed by atoms with Gasteiger partial charge in [-0.05, 0) is 30.3 Å². The molecular formula is C13H7Cl2NO3S. The highest BCUT2D eigenvalue weighted by Crippen LogP contribution is 2.30. The van der Waals surface area contributed by atoms with E-state index in [0.29, 0.717) is 5.02 Å². The van der Waals surface area contributed by atoms with E-state index in [9.17, 15) is 8.42 Å². The monoisotopic (exact) mass is 327 g/mol. The summed E-state index contributed by atoms with van der Waals surface area (Å²) in [6.07, 6.45) is 0. The minimum absolute atomic E-state index is 0.00224. The lowest BCUT2D eigenvalue weighted by molar-refractivity contribution is 0.486. The molecule has 20 heavy (non-hydrogen) atoms. The largest absolute Gasteiger partial charge is 0.377 e. The van der Waals surface area contributed by atoms with E-state index in [1.165, 1.54) is 36.4 Å². The van der Waals surface area contributed by atoms with Crippen LogP contribution in [0.4, 0.5) is 0 Å². The highest BCUT2D eigenvalue weighted by atomic mass is 35.5. The molecule has 0 aliphatic rings. The van der Waals surface area contributed by atoms with Gasteiger partial charge in [-0.15, -0.1) is 0 Å². The van der Waals surface area contributed by atoms with Crippen molar-refractivity contribution in [1.29, 1.82) is 5.26 Å². The molecule has 0 spiro atoms. The fraction of sp³-hybridized carbons (Fsp3) is 0. The van der Waals surface area contributed by atoms with Crippen LogP contribution in [0.5, 0.6) is 5.75 Å². The molecule has 0 saturated heterocycles. The molecule has 2 aromatic carbocycles. The standard InChI is InChI=1S/C13H7Cl2NO3S/c14-10-5-6-12(11(15)7-10)19-20(17,18)13-4-2-1-3-9(13)8-16/h1-7H. The number of rotatable bonds is 3. The van der Waals surface area contributed by atoms with Crippen LogP contribution in [0, 0.1) is 11.3 Å². The summed E-state index contributed by atoms with van der Waals surface area (Å²) in [4.78, 5) is -0.214. The maximum absolute atomic E-state index is 12.2. The molecule has 2 aromatic rings. The van der Waals surface area contributed by atoms with E-state index in [4.69, 9.17) is 32.6 Å². The third-order valence-corrected chi connectivity index (χ3v) is 4.19. The van der Waals surface area contributed by atoms with Crippen molar-refractivity contribution in [3.63, 3.8) is 0 Å². The maximum atomic E-state index is 12.2. The van der Waals surface area contributed by atoms with Gasteiger partial charge in [0.15, 0.2) is 5.75 Å². The van der Waals surface area contributed by atoms with Crippen molar-refractivity contribution in [1.82, 2.24) is 0 Å². The summed E-state index contributed by atoms with van der Waals surface area (Å²) in [7, 11) is -4.14. The molecule has 0 radical (unpaired) electrons. The number of nitrogens with zero attached hydrogens (tertiary/aromatic N) is 1. The quantitative estimate of drug-likeness (QED) is 0.807. The van der Waals surface area contributed by atoms with Crippen LogP contribution < -0.4 is 4.18 Å². The van der Waals surface area contributed by atoms with E-state index in [-0.39, 0.29) is 21.2 Å². The zero-order valence-corrected chi connectivity index (χ0v) is 12.2. The molecule has 0 amide bonds. The molecule has 0 saturated carbocycles. The molecule has 102 valence electrons. The van der Waals surface area contributed by atoms with Gasteiger partial charge in [0.2, 0.25) is 0 Å². The van der Waals surface area contributed by atoms with Gasteiger partial charge >= 0.3 is 10.1 Å². The molecule has 0 atom stereocenters. The minimum atomic E-state index is -4.14. The lowest BCUT2D eigenvalue weighted by Gasteiger charge is -2.09. The van der Waals surface area contributed by atoms with Gasteiger partial charge in [-0.2, -0.15) is 13.7 Å². The van der Waals surface area contributed by atoms with Gasteiger partial charge in [0.1, 0.15) is 11.0 Å². The summed E-state index contributed by atoms with van der Waals surface area (Å²) >= 11 is 11.6. The number of hydrogen-bond acceptors (Lipinski definition) is 4. The van der Waals surface area contributed by atoms with Crippen LogP contribution in [0.25, 0.3) is 0 Å². The highest BCUT2D eigenvalue weighted by molar-refractivity contribution is 7.87. The normalized spacial score (nSPS) is 10.8. The fourth-order valence-electron chi connectivity index (χ4n) is 1.48. The van der Waals surface area contributed by atoms with Crippen LogP contribution in [0.15, 0.2) is 47.4 Å². The first kappa shape index (κ1) is 14.7. The average molecular weight is 328 g/mol. The van der Waals surface area contributed by atoms with E-state index in [2.05, 4.69) is 0 Å². The van der Waals surface area contributed by atoms with E-state index >= 15 is 0 Å². The van der Waals surface area contributed by atoms with E-state index < -0.39 is 10.1 Å². The van der Waals surface area contributed by atoms with Gasteiger partial charge < -0.3 is 4.18 Å². The Balaban J connectivity index is 2.44. The van der Waals surface area contributed by atoms with E-state index in [1.807, 2.05) is 0 Å².